The predicted octanol–water partition coefficient (Wildman–Crippen LogP) is 2.37. The predicted molar refractivity (Wildman–Crippen MR) is 70.3 cm³/mol. The van der Waals surface area contributed by atoms with Gasteiger partial charge in [-0.2, -0.15) is 0 Å². The number of hydrogen-bond acceptors (Lipinski definition) is 3. The fourth-order valence-corrected chi connectivity index (χ4v) is 2.03. The summed E-state index contributed by atoms with van der Waals surface area (Å²) >= 11 is 0. The van der Waals surface area contributed by atoms with Crippen LogP contribution in [0.5, 0.6) is 0 Å². The van der Waals surface area contributed by atoms with Crippen LogP contribution in [-0.4, -0.2) is 34.6 Å². The van der Waals surface area contributed by atoms with Gasteiger partial charge in [0.2, 0.25) is 5.72 Å². The molecule has 0 radical (unpaired) electrons. The van der Waals surface area contributed by atoms with E-state index < -0.39 is 30.2 Å². The number of amides is 1. The van der Waals surface area contributed by atoms with Crippen LogP contribution in [0.15, 0.2) is 30.0 Å². The largest absolute Gasteiger partial charge is 0.361 e. The second-order valence-electron chi connectivity index (χ2n) is 5.04. The second kappa shape index (κ2) is 5.60. The molecular weight excluding hydrogens is 304 g/mol. The van der Waals surface area contributed by atoms with Gasteiger partial charge in [-0.25, -0.2) is 22.6 Å². The third kappa shape index (κ3) is 2.66. The Labute approximate surface area is 124 Å². The fraction of sp³-hybridized carbons (Fsp3) is 0.357. The molecule has 1 aliphatic rings. The Morgan fingerprint density at radius 3 is 2.36 bits per heavy atom. The van der Waals surface area contributed by atoms with E-state index >= 15 is 0 Å². The van der Waals surface area contributed by atoms with E-state index in [9.17, 15) is 27.5 Å². The highest BCUT2D eigenvalue weighted by atomic mass is 19.3. The van der Waals surface area contributed by atoms with Gasteiger partial charge in [-0.3, -0.25) is 10.2 Å². The van der Waals surface area contributed by atoms with Crippen molar-refractivity contribution in [2.75, 3.05) is 0 Å². The topological polar surface area (TPSA) is 52.6 Å². The first kappa shape index (κ1) is 16.3. The van der Waals surface area contributed by atoms with E-state index in [1.807, 2.05) is 5.43 Å². The molecule has 1 aromatic rings. The summed E-state index contributed by atoms with van der Waals surface area (Å²) in [5.74, 6) is -1.03. The number of aliphatic hydroxyl groups is 1. The number of benzene rings is 1. The van der Waals surface area contributed by atoms with Crippen molar-refractivity contribution in [3.05, 3.63) is 46.7 Å². The van der Waals surface area contributed by atoms with Crippen LogP contribution in [0, 0.1) is 13.8 Å². The minimum Gasteiger partial charge on any atom is -0.361 e. The summed E-state index contributed by atoms with van der Waals surface area (Å²) < 4.78 is 51.5. The van der Waals surface area contributed by atoms with Gasteiger partial charge in [-0.05, 0) is 37.1 Å². The molecule has 1 unspecified atom stereocenters. The molecule has 2 N–H and O–H groups in total. The molecule has 0 fully saturated rings. The van der Waals surface area contributed by atoms with Crippen LogP contribution in [0.4, 0.5) is 17.6 Å². The molecule has 0 saturated carbocycles. The van der Waals surface area contributed by atoms with Gasteiger partial charge in [-0.15, -0.1) is 0 Å². The first-order chi connectivity index (χ1) is 10.2. The molecule has 1 amide bonds. The average molecular weight is 318 g/mol. The van der Waals surface area contributed by atoms with Gasteiger partial charge in [0.1, 0.15) is 0 Å². The summed E-state index contributed by atoms with van der Waals surface area (Å²) in [5.41, 5.74) is -0.604. The van der Waals surface area contributed by atoms with E-state index in [4.69, 9.17) is 0 Å². The minimum atomic E-state index is -3.45. The molecule has 8 heteroatoms. The van der Waals surface area contributed by atoms with E-state index in [0.717, 1.165) is 11.1 Å². The van der Waals surface area contributed by atoms with Gasteiger partial charge in [0.15, 0.2) is 0 Å². The Morgan fingerprint density at radius 2 is 1.86 bits per heavy atom. The number of aryl methyl sites for hydroxylation is 2. The van der Waals surface area contributed by atoms with Gasteiger partial charge >= 0.3 is 0 Å². The second-order valence-corrected chi connectivity index (χ2v) is 5.04. The Kier molecular flexibility index (Phi) is 4.15. The van der Waals surface area contributed by atoms with Gasteiger partial charge in [0.25, 0.3) is 18.8 Å². The molecule has 0 saturated heterocycles. The van der Waals surface area contributed by atoms with E-state index in [-0.39, 0.29) is 16.6 Å². The standard InChI is InChI=1S/C14H14F4N2O2/c1-7-3-4-9(5-8(7)2)12(21)20-14(22,13(17)18)6-10(19-20)11(15)16/h3-6,11,13,19,22H,1-2H3. The van der Waals surface area contributed by atoms with Crippen LogP contribution in [0.1, 0.15) is 21.5 Å². The van der Waals surface area contributed by atoms with Crippen molar-refractivity contribution in [2.24, 2.45) is 0 Å². The van der Waals surface area contributed by atoms with Crippen molar-refractivity contribution in [1.29, 1.82) is 0 Å². The molecule has 4 nitrogen and oxygen atoms in total. The third-order valence-electron chi connectivity index (χ3n) is 3.48. The number of alkyl halides is 4. The number of nitrogens with zero attached hydrogens (tertiary/aromatic N) is 1. The molecule has 0 bridgehead atoms. The van der Waals surface area contributed by atoms with Gasteiger partial charge in [-0.1, -0.05) is 6.07 Å². The van der Waals surface area contributed by atoms with E-state index in [2.05, 4.69) is 0 Å². The highest BCUT2D eigenvalue weighted by molar-refractivity contribution is 5.95. The Hall–Kier alpha value is -2.09. The highest BCUT2D eigenvalue weighted by Crippen LogP contribution is 2.31. The van der Waals surface area contributed by atoms with Crippen LogP contribution < -0.4 is 5.43 Å². The van der Waals surface area contributed by atoms with E-state index in [1.165, 1.54) is 12.1 Å². The van der Waals surface area contributed by atoms with Crippen molar-refractivity contribution in [2.45, 2.75) is 32.4 Å². The Balaban J connectivity index is 2.38. The Morgan fingerprint density at radius 1 is 1.23 bits per heavy atom. The fourth-order valence-electron chi connectivity index (χ4n) is 2.03. The molecular formula is C14H14F4N2O2. The lowest BCUT2D eigenvalue weighted by Gasteiger charge is -2.31. The molecule has 120 valence electrons. The first-order valence-corrected chi connectivity index (χ1v) is 6.36. The lowest BCUT2D eigenvalue weighted by molar-refractivity contribution is -0.146. The van der Waals surface area contributed by atoms with Crippen LogP contribution in [-0.2, 0) is 0 Å². The van der Waals surface area contributed by atoms with Gasteiger partial charge in [0, 0.05) is 11.6 Å². The summed E-state index contributed by atoms with van der Waals surface area (Å²) in [4.78, 5) is 12.3. The smallest absolute Gasteiger partial charge is 0.291 e. The molecule has 1 heterocycles. The Bertz CT molecular complexity index is 633. The summed E-state index contributed by atoms with van der Waals surface area (Å²) in [6.45, 7) is 3.51. The van der Waals surface area contributed by atoms with Crippen LogP contribution in [0.25, 0.3) is 0 Å². The lowest BCUT2D eigenvalue weighted by Crippen LogP contribution is -2.56. The molecule has 1 aromatic carbocycles. The number of carbonyl (C=O) groups excluding carboxylic acids is 1. The molecule has 0 aliphatic carbocycles. The number of carbonyl (C=O) groups is 1. The molecule has 1 atom stereocenters. The maximum Gasteiger partial charge on any atom is 0.291 e. The molecule has 1 aliphatic heterocycles. The van der Waals surface area contributed by atoms with Crippen LogP contribution in [0.2, 0.25) is 0 Å². The maximum absolute atomic E-state index is 13.1. The number of nitrogens with one attached hydrogen (secondary N) is 1. The first-order valence-electron chi connectivity index (χ1n) is 6.36. The molecule has 2 rings (SSSR count). The zero-order valence-corrected chi connectivity index (χ0v) is 11.8. The SMILES string of the molecule is Cc1ccc(C(=O)N2NC(C(F)F)=CC2(O)C(F)F)cc1C. The number of rotatable bonds is 3. The maximum atomic E-state index is 13.1. The average Bonchev–Trinajstić information content (AvgIpc) is 2.81. The lowest BCUT2D eigenvalue weighted by atomic mass is 10.1. The number of hydrogen-bond donors (Lipinski definition) is 2. The summed E-state index contributed by atoms with van der Waals surface area (Å²) in [6, 6.07) is 4.41. The van der Waals surface area contributed by atoms with Gasteiger partial charge in [0.05, 0.1) is 5.70 Å². The normalized spacial score (nSPS) is 21.3. The van der Waals surface area contributed by atoms with Crippen molar-refractivity contribution >= 4 is 5.91 Å². The van der Waals surface area contributed by atoms with Crippen LogP contribution in [0.3, 0.4) is 0 Å². The van der Waals surface area contributed by atoms with Crippen molar-refractivity contribution < 1.29 is 27.5 Å². The summed E-state index contributed by atoms with van der Waals surface area (Å²) in [6.07, 6.45) is -6.31. The van der Waals surface area contributed by atoms with E-state index in [0.29, 0.717) is 0 Å². The van der Waals surface area contributed by atoms with Crippen molar-refractivity contribution in [3.8, 4) is 0 Å². The number of halogens is 4. The zero-order valence-electron chi connectivity index (χ0n) is 11.8. The van der Waals surface area contributed by atoms with E-state index in [1.54, 1.807) is 19.9 Å². The summed E-state index contributed by atoms with van der Waals surface area (Å²) in [7, 11) is 0. The number of hydrazine groups is 1. The van der Waals surface area contributed by atoms with Crippen molar-refractivity contribution in [1.82, 2.24) is 10.4 Å². The summed E-state index contributed by atoms with van der Waals surface area (Å²) in [5, 5.41) is 10.0. The number of allylic oxidation sites excluding steroid dienone is 1. The highest BCUT2D eigenvalue weighted by Gasteiger charge is 2.51. The minimum absolute atomic E-state index is 0.00130. The molecule has 0 spiro atoms. The van der Waals surface area contributed by atoms with Crippen LogP contribution >= 0.6 is 0 Å². The molecule has 22 heavy (non-hydrogen) atoms. The monoisotopic (exact) mass is 318 g/mol. The quantitative estimate of drug-likeness (QED) is 0.841. The third-order valence-corrected chi connectivity index (χ3v) is 3.48. The van der Waals surface area contributed by atoms with Gasteiger partial charge < -0.3 is 5.11 Å². The molecule has 0 aromatic heterocycles. The zero-order chi connectivity index (χ0) is 16.7. The van der Waals surface area contributed by atoms with Crippen molar-refractivity contribution in [3.63, 3.8) is 0 Å².